The normalized spacial score (nSPS) is 12.2. The molecule has 0 heterocycles. The standard InChI is InChI=1S/C17H20BrNO/c1-4-19-17(13-9-12(2)10-14(18)11-13)15-7-5-6-8-16(15)20-3/h5-11,17,19H,4H2,1-3H3. The number of nitrogens with one attached hydrogen (secondary N) is 1. The van der Waals surface area contributed by atoms with E-state index in [1.54, 1.807) is 7.11 Å². The van der Waals surface area contributed by atoms with E-state index in [9.17, 15) is 0 Å². The Labute approximate surface area is 129 Å². The van der Waals surface area contributed by atoms with Crippen molar-refractivity contribution in [1.82, 2.24) is 5.32 Å². The van der Waals surface area contributed by atoms with Gasteiger partial charge in [0.1, 0.15) is 5.75 Å². The van der Waals surface area contributed by atoms with E-state index >= 15 is 0 Å². The summed E-state index contributed by atoms with van der Waals surface area (Å²) in [5.41, 5.74) is 3.64. The maximum Gasteiger partial charge on any atom is 0.123 e. The molecule has 3 heteroatoms. The van der Waals surface area contributed by atoms with Crippen LogP contribution in [0.5, 0.6) is 5.75 Å². The minimum Gasteiger partial charge on any atom is -0.496 e. The van der Waals surface area contributed by atoms with E-state index in [-0.39, 0.29) is 6.04 Å². The smallest absolute Gasteiger partial charge is 0.123 e. The summed E-state index contributed by atoms with van der Waals surface area (Å²) < 4.78 is 6.61. The molecule has 1 N–H and O–H groups in total. The number of hydrogen-bond donors (Lipinski definition) is 1. The van der Waals surface area contributed by atoms with Crippen LogP contribution in [-0.4, -0.2) is 13.7 Å². The maximum absolute atomic E-state index is 5.50. The van der Waals surface area contributed by atoms with Gasteiger partial charge in [-0.25, -0.2) is 0 Å². The largest absolute Gasteiger partial charge is 0.496 e. The van der Waals surface area contributed by atoms with Gasteiger partial charge in [0, 0.05) is 10.0 Å². The molecule has 2 aromatic carbocycles. The van der Waals surface area contributed by atoms with Crippen molar-refractivity contribution in [2.24, 2.45) is 0 Å². The Kier molecular flexibility index (Phi) is 5.21. The second-order valence-corrected chi connectivity index (χ2v) is 5.71. The fourth-order valence-electron chi connectivity index (χ4n) is 2.45. The van der Waals surface area contributed by atoms with E-state index in [0.29, 0.717) is 0 Å². The summed E-state index contributed by atoms with van der Waals surface area (Å²) in [7, 11) is 1.72. The van der Waals surface area contributed by atoms with Crippen molar-refractivity contribution in [1.29, 1.82) is 0 Å². The van der Waals surface area contributed by atoms with Crippen LogP contribution in [-0.2, 0) is 0 Å². The molecule has 2 nitrogen and oxygen atoms in total. The Hall–Kier alpha value is -1.32. The quantitative estimate of drug-likeness (QED) is 0.871. The zero-order valence-corrected chi connectivity index (χ0v) is 13.7. The summed E-state index contributed by atoms with van der Waals surface area (Å²) in [5, 5.41) is 3.54. The molecule has 0 saturated heterocycles. The van der Waals surface area contributed by atoms with Crippen LogP contribution in [0.3, 0.4) is 0 Å². The molecule has 1 unspecified atom stereocenters. The number of methoxy groups -OCH3 is 1. The first kappa shape index (κ1) is 15.1. The topological polar surface area (TPSA) is 21.3 Å². The third-order valence-corrected chi connectivity index (χ3v) is 3.71. The maximum atomic E-state index is 5.50. The van der Waals surface area contributed by atoms with Gasteiger partial charge >= 0.3 is 0 Å². The predicted molar refractivity (Wildman–Crippen MR) is 87.4 cm³/mol. The van der Waals surface area contributed by atoms with Gasteiger partial charge in [-0.05, 0) is 42.8 Å². The minimum absolute atomic E-state index is 0.132. The van der Waals surface area contributed by atoms with Gasteiger partial charge in [-0.2, -0.15) is 0 Å². The first-order valence-corrected chi connectivity index (χ1v) is 7.58. The van der Waals surface area contributed by atoms with Crippen LogP contribution in [0.1, 0.15) is 29.7 Å². The summed E-state index contributed by atoms with van der Waals surface area (Å²) in [5.74, 6) is 0.913. The summed E-state index contributed by atoms with van der Waals surface area (Å²) >= 11 is 3.58. The zero-order chi connectivity index (χ0) is 14.5. The summed E-state index contributed by atoms with van der Waals surface area (Å²) in [6.07, 6.45) is 0. The molecule has 0 saturated carbocycles. The summed E-state index contributed by atoms with van der Waals surface area (Å²) in [6, 6.07) is 14.8. The van der Waals surface area contributed by atoms with E-state index in [4.69, 9.17) is 4.74 Å². The highest BCUT2D eigenvalue weighted by atomic mass is 79.9. The number of aryl methyl sites for hydroxylation is 1. The zero-order valence-electron chi connectivity index (χ0n) is 12.1. The first-order valence-electron chi connectivity index (χ1n) is 6.79. The van der Waals surface area contributed by atoms with Crippen molar-refractivity contribution in [2.45, 2.75) is 19.9 Å². The molecular formula is C17H20BrNO. The number of ether oxygens (including phenoxy) is 1. The lowest BCUT2D eigenvalue weighted by atomic mass is 9.96. The molecule has 0 fully saturated rings. The number of rotatable bonds is 5. The molecule has 20 heavy (non-hydrogen) atoms. The first-order chi connectivity index (χ1) is 9.65. The minimum atomic E-state index is 0.132. The number of benzene rings is 2. The van der Waals surface area contributed by atoms with Gasteiger partial charge in [0.25, 0.3) is 0 Å². The molecule has 0 bridgehead atoms. The third kappa shape index (κ3) is 3.41. The molecule has 2 rings (SSSR count). The lowest BCUT2D eigenvalue weighted by molar-refractivity contribution is 0.404. The highest BCUT2D eigenvalue weighted by molar-refractivity contribution is 9.10. The molecule has 0 aliphatic heterocycles. The molecule has 0 aliphatic carbocycles. The monoisotopic (exact) mass is 333 g/mol. The molecule has 2 aromatic rings. The lowest BCUT2D eigenvalue weighted by Crippen LogP contribution is -2.22. The van der Waals surface area contributed by atoms with E-state index in [0.717, 1.165) is 22.3 Å². The molecule has 0 aliphatic rings. The molecule has 106 valence electrons. The van der Waals surface area contributed by atoms with Crippen LogP contribution in [0.4, 0.5) is 0 Å². The second kappa shape index (κ2) is 6.91. The number of halogens is 1. The van der Waals surface area contributed by atoms with Crippen molar-refractivity contribution >= 4 is 15.9 Å². The fourth-order valence-corrected chi connectivity index (χ4v) is 3.07. The van der Waals surface area contributed by atoms with Crippen LogP contribution < -0.4 is 10.1 Å². The Morgan fingerprint density at radius 1 is 1.20 bits per heavy atom. The third-order valence-electron chi connectivity index (χ3n) is 3.26. The van der Waals surface area contributed by atoms with Crippen LogP contribution >= 0.6 is 15.9 Å². The van der Waals surface area contributed by atoms with Crippen LogP contribution in [0.25, 0.3) is 0 Å². The van der Waals surface area contributed by atoms with Crippen molar-refractivity contribution in [3.05, 3.63) is 63.6 Å². The Bertz CT molecular complexity index is 563. The van der Waals surface area contributed by atoms with E-state index in [1.165, 1.54) is 11.1 Å². The van der Waals surface area contributed by atoms with Gasteiger partial charge in [-0.15, -0.1) is 0 Å². The van der Waals surface area contributed by atoms with Crippen molar-refractivity contribution in [3.63, 3.8) is 0 Å². The van der Waals surface area contributed by atoms with Crippen LogP contribution in [0.15, 0.2) is 46.9 Å². The average Bonchev–Trinajstić information content (AvgIpc) is 2.43. The fraction of sp³-hybridized carbons (Fsp3) is 0.294. The Morgan fingerprint density at radius 3 is 2.60 bits per heavy atom. The van der Waals surface area contributed by atoms with Gasteiger partial charge in [0.15, 0.2) is 0 Å². The molecule has 0 radical (unpaired) electrons. The van der Waals surface area contributed by atoms with Crippen LogP contribution in [0.2, 0.25) is 0 Å². The van der Waals surface area contributed by atoms with Crippen molar-refractivity contribution < 1.29 is 4.74 Å². The number of hydrogen-bond acceptors (Lipinski definition) is 2. The summed E-state index contributed by atoms with van der Waals surface area (Å²) in [4.78, 5) is 0. The van der Waals surface area contributed by atoms with Crippen LogP contribution in [0, 0.1) is 6.92 Å². The second-order valence-electron chi connectivity index (χ2n) is 4.79. The lowest BCUT2D eigenvalue weighted by Gasteiger charge is -2.22. The van der Waals surface area contributed by atoms with E-state index < -0.39 is 0 Å². The van der Waals surface area contributed by atoms with Gasteiger partial charge < -0.3 is 10.1 Å². The molecule has 0 aromatic heterocycles. The van der Waals surface area contributed by atoms with Gasteiger partial charge in [0.05, 0.1) is 13.2 Å². The molecule has 0 spiro atoms. The molecule has 1 atom stereocenters. The van der Waals surface area contributed by atoms with Gasteiger partial charge in [-0.3, -0.25) is 0 Å². The predicted octanol–water partition coefficient (Wildman–Crippen LogP) is 4.47. The highest BCUT2D eigenvalue weighted by Crippen LogP contribution is 2.31. The van der Waals surface area contributed by atoms with E-state index in [1.807, 2.05) is 18.2 Å². The van der Waals surface area contributed by atoms with Gasteiger partial charge in [-0.1, -0.05) is 47.1 Å². The van der Waals surface area contributed by atoms with Crippen molar-refractivity contribution in [3.8, 4) is 5.75 Å². The SMILES string of the molecule is CCNC(c1cc(C)cc(Br)c1)c1ccccc1OC. The number of para-hydroxylation sites is 1. The Balaban J connectivity index is 2.50. The highest BCUT2D eigenvalue weighted by Gasteiger charge is 2.17. The molecular weight excluding hydrogens is 314 g/mol. The Morgan fingerprint density at radius 2 is 1.95 bits per heavy atom. The molecule has 0 amide bonds. The van der Waals surface area contributed by atoms with Gasteiger partial charge in [0.2, 0.25) is 0 Å². The summed E-state index contributed by atoms with van der Waals surface area (Å²) in [6.45, 7) is 5.13. The van der Waals surface area contributed by atoms with E-state index in [2.05, 4.69) is 59.4 Å². The average molecular weight is 334 g/mol. The van der Waals surface area contributed by atoms with Crippen molar-refractivity contribution in [2.75, 3.05) is 13.7 Å².